The van der Waals surface area contributed by atoms with Crippen LogP contribution in [0.5, 0.6) is 5.75 Å². The molecule has 0 amide bonds. The van der Waals surface area contributed by atoms with Gasteiger partial charge in [0, 0.05) is 32.1 Å². The van der Waals surface area contributed by atoms with Crippen molar-refractivity contribution < 1.29 is 9.84 Å². The fourth-order valence-electron chi connectivity index (χ4n) is 1.52. The van der Waals surface area contributed by atoms with Crippen LogP contribution in [0.1, 0.15) is 5.56 Å². The molecule has 0 fully saturated rings. The lowest BCUT2D eigenvalue weighted by atomic mass is 10.2. The summed E-state index contributed by atoms with van der Waals surface area (Å²) in [5, 5.41) is 10.3. The minimum atomic E-state index is 0.322. The monoisotopic (exact) mass is 287 g/mol. The van der Waals surface area contributed by atoms with Crippen LogP contribution in [-0.4, -0.2) is 42.1 Å². The van der Waals surface area contributed by atoms with Crippen LogP contribution >= 0.6 is 15.9 Å². The van der Waals surface area contributed by atoms with Gasteiger partial charge in [-0.05, 0) is 17.7 Å². The van der Waals surface area contributed by atoms with Crippen LogP contribution in [0.15, 0.2) is 24.3 Å². The molecule has 0 aliphatic heterocycles. The van der Waals surface area contributed by atoms with Crippen molar-refractivity contribution in [3.05, 3.63) is 29.8 Å². The van der Waals surface area contributed by atoms with Gasteiger partial charge in [0.25, 0.3) is 0 Å². The Hall–Kier alpha value is -0.580. The van der Waals surface area contributed by atoms with Crippen molar-refractivity contribution in [1.29, 1.82) is 0 Å². The summed E-state index contributed by atoms with van der Waals surface area (Å²) in [6, 6.07) is 7.38. The highest BCUT2D eigenvalue weighted by molar-refractivity contribution is 9.09. The number of hydrogen-bond acceptors (Lipinski definition) is 3. The van der Waals surface area contributed by atoms with E-state index in [9.17, 15) is 5.11 Å². The van der Waals surface area contributed by atoms with Gasteiger partial charge in [0.1, 0.15) is 5.75 Å². The van der Waals surface area contributed by atoms with E-state index < -0.39 is 0 Å². The maximum absolute atomic E-state index is 9.38. The van der Waals surface area contributed by atoms with E-state index in [0.717, 1.165) is 37.1 Å². The molecule has 4 heteroatoms. The van der Waals surface area contributed by atoms with E-state index in [-0.39, 0.29) is 0 Å². The van der Waals surface area contributed by atoms with Crippen molar-refractivity contribution in [2.24, 2.45) is 0 Å². The van der Waals surface area contributed by atoms with E-state index in [0.29, 0.717) is 5.75 Å². The van der Waals surface area contributed by atoms with Gasteiger partial charge in [0.15, 0.2) is 0 Å². The zero-order chi connectivity index (χ0) is 11.8. The molecule has 0 bridgehead atoms. The number of benzene rings is 1. The van der Waals surface area contributed by atoms with Crippen molar-refractivity contribution >= 4 is 15.9 Å². The second-order valence-corrected chi connectivity index (χ2v) is 4.42. The number of phenolic OH excluding ortho intramolecular Hbond substituents is 1. The highest BCUT2D eigenvalue weighted by atomic mass is 79.9. The zero-order valence-electron chi connectivity index (χ0n) is 9.53. The molecular weight excluding hydrogens is 270 g/mol. The Balaban J connectivity index is 2.52. The number of nitrogens with zero attached hydrogens (tertiary/aromatic N) is 1. The molecule has 0 unspecified atom stereocenters. The van der Waals surface area contributed by atoms with Crippen LogP contribution in [0.25, 0.3) is 0 Å². The Labute approximate surface area is 105 Å². The smallest absolute Gasteiger partial charge is 0.115 e. The van der Waals surface area contributed by atoms with Crippen molar-refractivity contribution in [2.45, 2.75) is 6.54 Å². The Morgan fingerprint density at radius 1 is 1.38 bits per heavy atom. The number of ether oxygens (including phenoxy) is 1. The van der Waals surface area contributed by atoms with Crippen LogP contribution in [0.4, 0.5) is 0 Å². The lowest BCUT2D eigenvalue weighted by molar-refractivity contribution is 0.148. The third-order valence-electron chi connectivity index (χ3n) is 2.33. The SMILES string of the molecule is COCCN(CCBr)Cc1cccc(O)c1. The maximum atomic E-state index is 9.38. The number of aromatic hydroxyl groups is 1. The van der Waals surface area contributed by atoms with Gasteiger partial charge >= 0.3 is 0 Å². The first kappa shape index (κ1) is 13.5. The van der Waals surface area contributed by atoms with Gasteiger partial charge in [-0.2, -0.15) is 0 Å². The van der Waals surface area contributed by atoms with Gasteiger partial charge < -0.3 is 9.84 Å². The van der Waals surface area contributed by atoms with Gasteiger partial charge in [-0.15, -0.1) is 0 Å². The second kappa shape index (κ2) is 7.65. The molecule has 0 spiro atoms. The number of hydrogen-bond donors (Lipinski definition) is 1. The van der Waals surface area contributed by atoms with E-state index in [1.165, 1.54) is 0 Å². The highest BCUT2D eigenvalue weighted by Gasteiger charge is 2.05. The van der Waals surface area contributed by atoms with Gasteiger partial charge in [0.05, 0.1) is 6.61 Å². The Morgan fingerprint density at radius 3 is 2.81 bits per heavy atom. The summed E-state index contributed by atoms with van der Waals surface area (Å²) < 4.78 is 5.07. The predicted octanol–water partition coefficient (Wildman–Crippen LogP) is 2.24. The molecule has 0 saturated heterocycles. The van der Waals surface area contributed by atoms with Crippen LogP contribution < -0.4 is 0 Å². The van der Waals surface area contributed by atoms with Gasteiger partial charge in [-0.1, -0.05) is 28.1 Å². The molecule has 0 radical (unpaired) electrons. The third kappa shape index (κ3) is 4.96. The molecule has 0 aliphatic carbocycles. The Bertz CT molecular complexity index is 307. The van der Waals surface area contributed by atoms with Crippen LogP contribution in [0, 0.1) is 0 Å². The fraction of sp³-hybridized carbons (Fsp3) is 0.500. The lowest BCUT2D eigenvalue weighted by Crippen LogP contribution is -2.28. The Kier molecular flexibility index (Phi) is 6.45. The third-order valence-corrected chi connectivity index (χ3v) is 2.68. The summed E-state index contributed by atoms with van der Waals surface area (Å²) in [7, 11) is 1.71. The second-order valence-electron chi connectivity index (χ2n) is 3.63. The number of halogens is 1. The van der Waals surface area contributed by atoms with Crippen molar-refractivity contribution in [3.63, 3.8) is 0 Å². The first-order valence-electron chi connectivity index (χ1n) is 5.31. The number of rotatable bonds is 7. The first-order valence-corrected chi connectivity index (χ1v) is 6.43. The van der Waals surface area contributed by atoms with Crippen LogP contribution in [0.3, 0.4) is 0 Å². The van der Waals surface area contributed by atoms with Crippen LogP contribution in [0.2, 0.25) is 0 Å². The maximum Gasteiger partial charge on any atom is 0.115 e. The molecule has 1 N–H and O–H groups in total. The molecule has 16 heavy (non-hydrogen) atoms. The van der Waals surface area contributed by atoms with E-state index in [1.807, 2.05) is 12.1 Å². The van der Waals surface area contributed by atoms with Gasteiger partial charge in [0.2, 0.25) is 0 Å². The summed E-state index contributed by atoms with van der Waals surface area (Å²) in [5.41, 5.74) is 1.12. The molecular formula is C12H18BrNO2. The summed E-state index contributed by atoms with van der Waals surface area (Å²) >= 11 is 3.44. The van der Waals surface area contributed by atoms with Gasteiger partial charge in [-0.3, -0.25) is 4.90 Å². The molecule has 3 nitrogen and oxygen atoms in total. The number of phenols is 1. The average Bonchev–Trinajstić information content (AvgIpc) is 2.26. The van der Waals surface area contributed by atoms with Crippen molar-refractivity contribution in [1.82, 2.24) is 4.90 Å². The van der Waals surface area contributed by atoms with Gasteiger partial charge in [-0.25, -0.2) is 0 Å². The topological polar surface area (TPSA) is 32.7 Å². The first-order chi connectivity index (χ1) is 7.76. The number of methoxy groups -OCH3 is 1. The van der Waals surface area contributed by atoms with Crippen molar-refractivity contribution in [2.75, 3.05) is 32.1 Å². The fourth-order valence-corrected chi connectivity index (χ4v) is 2.02. The lowest BCUT2D eigenvalue weighted by Gasteiger charge is -2.20. The normalized spacial score (nSPS) is 10.9. The summed E-state index contributed by atoms with van der Waals surface area (Å²) in [6.45, 7) is 3.44. The molecule has 0 atom stereocenters. The summed E-state index contributed by atoms with van der Waals surface area (Å²) in [5.74, 6) is 0.322. The standard InChI is InChI=1S/C12H18BrNO2/c1-16-8-7-14(6-5-13)10-11-3-2-4-12(15)9-11/h2-4,9,15H,5-8,10H2,1H3. The van der Waals surface area contributed by atoms with E-state index in [2.05, 4.69) is 20.8 Å². The minimum absolute atomic E-state index is 0.322. The molecule has 0 heterocycles. The summed E-state index contributed by atoms with van der Waals surface area (Å²) in [6.07, 6.45) is 0. The van der Waals surface area contributed by atoms with E-state index >= 15 is 0 Å². The molecule has 1 aromatic rings. The summed E-state index contributed by atoms with van der Waals surface area (Å²) in [4.78, 5) is 2.28. The molecule has 90 valence electrons. The number of alkyl halides is 1. The Morgan fingerprint density at radius 2 is 2.19 bits per heavy atom. The largest absolute Gasteiger partial charge is 0.508 e. The van der Waals surface area contributed by atoms with E-state index in [4.69, 9.17) is 4.74 Å². The predicted molar refractivity (Wildman–Crippen MR) is 69.1 cm³/mol. The quantitative estimate of drug-likeness (QED) is 0.781. The minimum Gasteiger partial charge on any atom is -0.508 e. The molecule has 1 rings (SSSR count). The molecule has 0 aromatic heterocycles. The highest BCUT2D eigenvalue weighted by Crippen LogP contribution is 2.12. The molecule has 1 aromatic carbocycles. The average molecular weight is 288 g/mol. The van der Waals surface area contributed by atoms with E-state index in [1.54, 1.807) is 19.2 Å². The molecule has 0 aliphatic rings. The zero-order valence-corrected chi connectivity index (χ0v) is 11.1. The van der Waals surface area contributed by atoms with Crippen molar-refractivity contribution in [3.8, 4) is 5.75 Å². The molecule has 0 saturated carbocycles. The van der Waals surface area contributed by atoms with Crippen LogP contribution in [-0.2, 0) is 11.3 Å².